The fourth-order valence-corrected chi connectivity index (χ4v) is 3.98. The molecule has 0 radical (unpaired) electrons. The second-order valence-corrected chi connectivity index (χ2v) is 7.00. The highest BCUT2D eigenvalue weighted by Crippen LogP contribution is 2.28. The highest BCUT2D eigenvalue weighted by Gasteiger charge is 2.16. The number of nitrogens with zero attached hydrogens (tertiary/aromatic N) is 1. The van der Waals surface area contributed by atoms with Crippen LogP contribution in [0.5, 0.6) is 0 Å². The number of thiophene rings is 1. The van der Waals surface area contributed by atoms with Crippen LogP contribution in [0.3, 0.4) is 0 Å². The van der Waals surface area contributed by atoms with Crippen LogP contribution in [0.25, 0.3) is 0 Å². The van der Waals surface area contributed by atoms with E-state index in [1.807, 2.05) is 6.07 Å². The van der Waals surface area contributed by atoms with Gasteiger partial charge in [0, 0.05) is 10.4 Å². The molecular weight excluding hydrogens is 335 g/mol. The minimum Gasteiger partial charge on any atom is -0.266 e. The number of halogens is 2. The smallest absolute Gasteiger partial charge is 0.266 e. The van der Waals surface area contributed by atoms with Crippen molar-refractivity contribution in [1.29, 1.82) is 0 Å². The lowest BCUT2D eigenvalue weighted by Crippen LogP contribution is -2.16. The van der Waals surface area contributed by atoms with Crippen LogP contribution in [0.1, 0.15) is 44.9 Å². The summed E-state index contributed by atoms with van der Waals surface area (Å²) < 4.78 is 13.6. The third-order valence-corrected chi connectivity index (χ3v) is 5.40. The molecule has 3 rings (SSSR count). The van der Waals surface area contributed by atoms with Gasteiger partial charge in [0.05, 0.1) is 16.1 Å². The molecule has 1 N–H and O–H groups in total. The first-order chi connectivity index (χ1) is 11.1. The number of hydrogen-bond acceptors (Lipinski definition) is 3. The van der Waals surface area contributed by atoms with Crippen molar-refractivity contribution >= 4 is 35.1 Å². The number of aryl methyl sites for hydroxylation is 2. The average Bonchev–Trinajstić information content (AvgIpc) is 2.81. The van der Waals surface area contributed by atoms with Crippen molar-refractivity contribution < 1.29 is 9.18 Å². The Kier molecular flexibility index (Phi) is 5.08. The molecule has 1 aliphatic carbocycles. The Labute approximate surface area is 143 Å². The predicted molar refractivity (Wildman–Crippen MR) is 92.0 cm³/mol. The van der Waals surface area contributed by atoms with Gasteiger partial charge in [-0.1, -0.05) is 24.1 Å². The molecule has 0 saturated carbocycles. The third-order valence-electron chi connectivity index (χ3n) is 3.83. The van der Waals surface area contributed by atoms with Crippen LogP contribution < -0.4 is 5.43 Å². The number of rotatable bonds is 3. The molecule has 2 aromatic rings. The summed E-state index contributed by atoms with van der Waals surface area (Å²) in [6.45, 7) is 0. The van der Waals surface area contributed by atoms with Crippen LogP contribution in [0, 0.1) is 5.82 Å². The molecule has 1 heterocycles. The van der Waals surface area contributed by atoms with E-state index in [9.17, 15) is 9.18 Å². The SMILES string of the molecule is O=C(N/N=C\c1c(F)cccc1Cl)c1cc2c(s1)CCCCC2. The van der Waals surface area contributed by atoms with E-state index in [0.717, 1.165) is 12.8 Å². The molecule has 23 heavy (non-hydrogen) atoms. The molecule has 120 valence electrons. The first-order valence-corrected chi connectivity index (χ1v) is 8.73. The van der Waals surface area contributed by atoms with Crippen molar-refractivity contribution in [2.75, 3.05) is 0 Å². The van der Waals surface area contributed by atoms with Crippen LogP contribution in [0.4, 0.5) is 4.39 Å². The van der Waals surface area contributed by atoms with Crippen LogP contribution in [-0.2, 0) is 12.8 Å². The number of carbonyl (C=O) groups excluding carboxylic acids is 1. The topological polar surface area (TPSA) is 41.5 Å². The van der Waals surface area contributed by atoms with Gasteiger partial charge in [-0.2, -0.15) is 5.10 Å². The number of hydrazone groups is 1. The van der Waals surface area contributed by atoms with E-state index in [2.05, 4.69) is 10.5 Å². The molecule has 1 aliphatic rings. The number of nitrogens with one attached hydrogen (secondary N) is 1. The molecule has 1 aromatic carbocycles. The summed E-state index contributed by atoms with van der Waals surface area (Å²) in [6.07, 6.45) is 6.91. The number of benzene rings is 1. The summed E-state index contributed by atoms with van der Waals surface area (Å²) >= 11 is 7.43. The summed E-state index contributed by atoms with van der Waals surface area (Å²) in [6, 6.07) is 6.34. The van der Waals surface area contributed by atoms with E-state index >= 15 is 0 Å². The van der Waals surface area contributed by atoms with Crippen molar-refractivity contribution in [3.8, 4) is 0 Å². The van der Waals surface area contributed by atoms with Crippen molar-refractivity contribution in [2.24, 2.45) is 5.10 Å². The maximum absolute atomic E-state index is 13.6. The van der Waals surface area contributed by atoms with E-state index in [4.69, 9.17) is 11.6 Å². The highest BCUT2D eigenvalue weighted by atomic mass is 35.5. The van der Waals surface area contributed by atoms with Crippen LogP contribution in [-0.4, -0.2) is 12.1 Å². The molecule has 0 spiro atoms. The summed E-state index contributed by atoms with van der Waals surface area (Å²) in [5.41, 5.74) is 3.88. The molecule has 6 heteroatoms. The first kappa shape index (κ1) is 16.1. The van der Waals surface area contributed by atoms with E-state index in [-0.39, 0.29) is 16.5 Å². The summed E-state index contributed by atoms with van der Waals surface area (Å²) in [5, 5.41) is 4.08. The third kappa shape index (κ3) is 3.79. The lowest BCUT2D eigenvalue weighted by molar-refractivity contribution is 0.0959. The largest absolute Gasteiger partial charge is 0.281 e. The molecule has 3 nitrogen and oxygen atoms in total. The zero-order valence-electron chi connectivity index (χ0n) is 12.4. The first-order valence-electron chi connectivity index (χ1n) is 7.54. The minimum atomic E-state index is -0.474. The summed E-state index contributed by atoms with van der Waals surface area (Å²) in [4.78, 5) is 14.1. The Bertz CT molecular complexity index is 713. The van der Waals surface area contributed by atoms with Crippen molar-refractivity contribution in [3.05, 3.63) is 56.0 Å². The Hall–Kier alpha value is -1.72. The van der Waals surface area contributed by atoms with Gasteiger partial charge in [0.1, 0.15) is 5.82 Å². The van der Waals surface area contributed by atoms with Gasteiger partial charge in [0.2, 0.25) is 0 Å². The Morgan fingerprint density at radius 2 is 2.13 bits per heavy atom. The second-order valence-electron chi connectivity index (χ2n) is 5.45. The number of amides is 1. The van der Waals surface area contributed by atoms with Crippen molar-refractivity contribution in [1.82, 2.24) is 5.43 Å². The van der Waals surface area contributed by atoms with Gasteiger partial charge >= 0.3 is 0 Å². The van der Waals surface area contributed by atoms with Crippen LogP contribution >= 0.6 is 22.9 Å². The average molecular weight is 351 g/mol. The Morgan fingerprint density at radius 1 is 1.30 bits per heavy atom. The van der Waals surface area contributed by atoms with E-state index in [0.29, 0.717) is 4.88 Å². The second kappa shape index (κ2) is 7.23. The quantitative estimate of drug-likeness (QED) is 0.491. The highest BCUT2D eigenvalue weighted by molar-refractivity contribution is 7.14. The van der Waals surface area contributed by atoms with E-state index in [1.54, 1.807) is 6.07 Å². The molecule has 1 amide bonds. The van der Waals surface area contributed by atoms with Gasteiger partial charge in [0.25, 0.3) is 5.91 Å². The normalized spacial score (nSPS) is 14.5. The molecule has 0 fully saturated rings. The van der Waals surface area contributed by atoms with Crippen molar-refractivity contribution in [3.63, 3.8) is 0 Å². The molecule has 0 bridgehead atoms. The van der Waals surface area contributed by atoms with Gasteiger partial charge in [-0.15, -0.1) is 11.3 Å². The minimum absolute atomic E-state index is 0.163. The standard InChI is InChI=1S/C17H16ClFN2OS/c18-13-6-4-7-14(19)12(13)10-20-21-17(22)16-9-11-5-2-1-3-8-15(11)23-16/h4,6-7,9-10H,1-3,5,8H2,(H,21,22)/b20-10-. The van der Waals surface area contributed by atoms with Crippen LogP contribution in [0.15, 0.2) is 29.4 Å². The Morgan fingerprint density at radius 3 is 2.96 bits per heavy atom. The number of carbonyl (C=O) groups is 1. The van der Waals surface area contributed by atoms with Gasteiger partial charge in [-0.25, -0.2) is 9.82 Å². The fourth-order valence-electron chi connectivity index (χ4n) is 2.62. The maximum atomic E-state index is 13.6. The maximum Gasteiger partial charge on any atom is 0.281 e. The predicted octanol–water partition coefficient (Wildman–Crippen LogP) is 4.57. The van der Waals surface area contributed by atoms with Gasteiger partial charge in [-0.3, -0.25) is 4.79 Å². The van der Waals surface area contributed by atoms with Crippen molar-refractivity contribution in [2.45, 2.75) is 32.1 Å². The zero-order chi connectivity index (χ0) is 16.2. The molecule has 1 aromatic heterocycles. The molecule has 0 atom stereocenters. The van der Waals surface area contributed by atoms with E-state index in [1.165, 1.54) is 59.4 Å². The fraction of sp³-hybridized carbons (Fsp3) is 0.294. The monoisotopic (exact) mass is 350 g/mol. The molecule has 0 unspecified atom stereocenters. The molecule has 0 saturated heterocycles. The zero-order valence-corrected chi connectivity index (χ0v) is 14.0. The van der Waals surface area contributed by atoms with E-state index < -0.39 is 5.82 Å². The number of hydrogen-bond donors (Lipinski definition) is 1. The lowest BCUT2D eigenvalue weighted by Gasteiger charge is -2.00. The Balaban J connectivity index is 1.69. The van der Waals surface area contributed by atoms with Gasteiger partial charge in [0.15, 0.2) is 0 Å². The number of fused-ring (bicyclic) bond motifs is 1. The lowest BCUT2D eigenvalue weighted by atomic mass is 10.1. The molecule has 0 aliphatic heterocycles. The summed E-state index contributed by atoms with van der Waals surface area (Å²) in [7, 11) is 0. The molecular formula is C17H16ClFN2OS. The van der Waals surface area contributed by atoms with Crippen LogP contribution in [0.2, 0.25) is 5.02 Å². The summed E-state index contributed by atoms with van der Waals surface area (Å²) in [5.74, 6) is -0.745. The van der Waals surface area contributed by atoms with Gasteiger partial charge in [-0.05, 0) is 49.4 Å². The van der Waals surface area contributed by atoms with Gasteiger partial charge < -0.3 is 0 Å².